The summed E-state index contributed by atoms with van der Waals surface area (Å²) in [5, 5.41) is 0. The predicted molar refractivity (Wildman–Crippen MR) is 130 cm³/mol. The average molecular weight is 429 g/mol. The molecule has 1 aromatic heterocycles. The Balaban J connectivity index is 1.27. The van der Waals surface area contributed by atoms with E-state index in [4.69, 9.17) is 4.74 Å². The molecule has 0 radical (unpaired) electrons. The summed E-state index contributed by atoms with van der Waals surface area (Å²) in [4.78, 5) is 14.7. The van der Waals surface area contributed by atoms with E-state index >= 15 is 0 Å². The van der Waals surface area contributed by atoms with Gasteiger partial charge in [-0.3, -0.25) is 4.90 Å². The summed E-state index contributed by atoms with van der Waals surface area (Å²) in [6.45, 7) is 3.29. The monoisotopic (exact) mass is 428 g/mol. The van der Waals surface area contributed by atoms with Gasteiger partial charge in [0.1, 0.15) is 6.04 Å². The van der Waals surface area contributed by atoms with E-state index in [9.17, 15) is 4.79 Å². The van der Waals surface area contributed by atoms with E-state index in [0.29, 0.717) is 12.3 Å². The molecule has 1 atom stereocenters. The van der Waals surface area contributed by atoms with Gasteiger partial charge in [0.05, 0.1) is 7.11 Å². The second-order valence-corrected chi connectivity index (χ2v) is 8.50. The van der Waals surface area contributed by atoms with Crippen molar-refractivity contribution in [3.8, 4) is 0 Å². The van der Waals surface area contributed by atoms with Gasteiger partial charge in [-0.2, -0.15) is 0 Å². The van der Waals surface area contributed by atoms with E-state index in [1.54, 1.807) is 0 Å². The van der Waals surface area contributed by atoms with Gasteiger partial charge in [-0.15, -0.1) is 0 Å². The molecule has 3 aromatic rings. The molecule has 4 rings (SSSR count). The number of hydrogen-bond donors (Lipinski definition) is 0. The lowest BCUT2D eigenvalue weighted by Crippen LogP contribution is -2.32. The number of carbonyl (C=O) groups is 1. The zero-order valence-corrected chi connectivity index (χ0v) is 18.8. The van der Waals surface area contributed by atoms with Crippen molar-refractivity contribution in [3.05, 3.63) is 102 Å². The van der Waals surface area contributed by atoms with Crippen molar-refractivity contribution in [3.63, 3.8) is 0 Å². The Hall–Kier alpha value is -3.11. The average Bonchev–Trinajstić information content (AvgIpc) is 3.39. The number of aromatic nitrogens is 1. The molecule has 0 spiro atoms. The number of esters is 1. The topological polar surface area (TPSA) is 34.5 Å². The molecule has 1 aliphatic heterocycles. The number of hydrogen-bond acceptors (Lipinski definition) is 3. The van der Waals surface area contributed by atoms with Gasteiger partial charge in [-0.25, -0.2) is 4.79 Å². The molecule has 4 nitrogen and oxygen atoms in total. The van der Waals surface area contributed by atoms with Crippen LogP contribution in [0.5, 0.6) is 0 Å². The third kappa shape index (κ3) is 5.77. The first kappa shape index (κ1) is 22.1. The van der Waals surface area contributed by atoms with Crippen LogP contribution < -0.4 is 0 Å². The minimum atomic E-state index is -0.338. The molecule has 1 saturated heterocycles. The largest absolute Gasteiger partial charge is 0.467 e. The van der Waals surface area contributed by atoms with Crippen molar-refractivity contribution in [2.45, 2.75) is 31.2 Å². The predicted octanol–water partition coefficient (Wildman–Crippen LogP) is 5.34. The molecule has 0 amide bonds. The van der Waals surface area contributed by atoms with E-state index in [-0.39, 0.29) is 12.0 Å². The van der Waals surface area contributed by atoms with Crippen LogP contribution in [0, 0.1) is 0 Å². The van der Waals surface area contributed by atoms with Gasteiger partial charge in [0.2, 0.25) is 0 Å². The summed E-state index contributed by atoms with van der Waals surface area (Å²) in [6.07, 6.45) is 11.3. The first-order valence-corrected chi connectivity index (χ1v) is 11.5. The molecule has 0 saturated carbocycles. The van der Waals surface area contributed by atoms with Crippen molar-refractivity contribution < 1.29 is 9.53 Å². The summed E-state index contributed by atoms with van der Waals surface area (Å²) in [7, 11) is 1.44. The van der Waals surface area contributed by atoms with Gasteiger partial charge in [0.25, 0.3) is 0 Å². The first-order valence-electron chi connectivity index (χ1n) is 11.5. The minimum Gasteiger partial charge on any atom is -0.467 e. The van der Waals surface area contributed by atoms with E-state index in [0.717, 1.165) is 25.2 Å². The summed E-state index contributed by atoms with van der Waals surface area (Å²) in [5.41, 5.74) is 3.78. The van der Waals surface area contributed by atoms with Crippen molar-refractivity contribution in [1.29, 1.82) is 0 Å². The molecule has 0 N–H and O–H groups in total. The van der Waals surface area contributed by atoms with Crippen LogP contribution in [0.15, 0.2) is 85.2 Å². The molecule has 0 aliphatic carbocycles. The van der Waals surface area contributed by atoms with Crippen LogP contribution in [0.1, 0.15) is 41.5 Å². The highest BCUT2D eigenvalue weighted by molar-refractivity contribution is 5.74. The lowest BCUT2D eigenvalue weighted by atomic mass is 9.89. The normalized spacial score (nSPS) is 16.3. The van der Waals surface area contributed by atoms with E-state index in [1.807, 2.05) is 29.1 Å². The number of methoxy groups -OCH3 is 1. The smallest absolute Gasteiger partial charge is 0.329 e. The number of nitrogens with zero attached hydrogens (tertiary/aromatic N) is 2. The Kier molecular flexibility index (Phi) is 7.57. The van der Waals surface area contributed by atoms with E-state index < -0.39 is 0 Å². The van der Waals surface area contributed by atoms with Gasteiger partial charge >= 0.3 is 5.97 Å². The molecule has 166 valence electrons. The summed E-state index contributed by atoms with van der Waals surface area (Å²) < 4.78 is 6.90. The Bertz CT molecular complexity index is 986. The Labute approximate surface area is 191 Å². The van der Waals surface area contributed by atoms with Gasteiger partial charge in [-0.1, -0.05) is 66.7 Å². The first-order chi connectivity index (χ1) is 15.7. The molecular formula is C28H32N2O2. The maximum Gasteiger partial charge on any atom is 0.329 e. The number of likely N-dealkylation sites (tertiary alicyclic amines) is 1. The number of ether oxygens (including phenoxy) is 1. The fraction of sp³-hybridized carbons (Fsp3) is 0.321. The van der Waals surface area contributed by atoms with Crippen LogP contribution >= 0.6 is 0 Å². The van der Waals surface area contributed by atoms with E-state index in [1.165, 1.54) is 31.1 Å². The van der Waals surface area contributed by atoms with Crippen LogP contribution in [-0.4, -0.2) is 42.2 Å². The van der Waals surface area contributed by atoms with Gasteiger partial charge in [-0.05, 0) is 60.7 Å². The van der Waals surface area contributed by atoms with Crippen molar-refractivity contribution in [2.75, 3.05) is 26.7 Å². The van der Waals surface area contributed by atoms with Gasteiger partial charge in [0, 0.05) is 25.4 Å². The molecule has 32 heavy (non-hydrogen) atoms. The third-order valence-corrected chi connectivity index (χ3v) is 6.40. The Morgan fingerprint density at radius 2 is 1.69 bits per heavy atom. The molecule has 0 bridgehead atoms. The number of piperidine rings is 1. The number of rotatable bonds is 8. The quantitative estimate of drug-likeness (QED) is 0.454. The maximum atomic E-state index is 12.2. The SMILES string of the molecule is COC(=O)C(Cc1ccc(C=CCN2CCC(c3ccccc3)CC2)cc1)n1cccc1. The highest BCUT2D eigenvalue weighted by atomic mass is 16.5. The third-order valence-electron chi connectivity index (χ3n) is 6.40. The zero-order valence-electron chi connectivity index (χ0n) is 18.8. The number of benzene rings is 2. The lowest BCUT2D eigenvalue weighted by Gasteiger charge is -2.31. The highest BCUT2D eigenvalue weighted by Crippen LogP contribution is 2.27. The molecule has 2 aromatic carbocycles. The minimum absolute atomic E-state index is 0.221. The standard InChI is InChI=1S/C28H32N2O2/c1-32-28(31)27(30-18-5-6-19-30)22-24-13-11-23(12-14-24)8-7-17-29-20-15-26(16-21-29)25-9-3-2-4-10-25/h2-14,18-19,26-27H,15-17,20-22H2,1H3. The molecule has 1 aliphatic rings. The second-order valence-electron chi connectivity index (χ2n) is 8.50. The van der Waals surface area contributed by atoms with Crippen LogP contribution in [-0.2, 0) is 16.0 Å². The molecule has 1 unspecified atom stereocenters. The molecule has 2 heterocycles. The van der Waals surface area contributed by atoms with Gasteiger partial charge < -0.3 is 9.30 Å². The van der Waals surface area contributed by atoms with Crippen LogP contribution in [0.2, 0.25) is 0 Å². The summed E-state index contributed by atoms with van der Waals surface area (Å²) in [5.74, 6) is 0.477. The highest BCUT2D eigenvalue weighted by Gasteiger charge is 2.21. The molecular weight excluding hydrogens is 396 g/mol. The molecule has 1 fully saturated rings. The zero-order chi connectivity index (χ0) is 22.2. The summed E-state index contributed by atoms with van der Waals surface area (Å²) >= 11 is 0. The van der Waals surface area contributed by atoms with Crippen molar-refractivity contribution in [1.82, 2.24) is 9.47 Å². The Morgan fingerprint density at radius 1 is 1.00 bits per heavy atom. The van der Waals surface area contributed by atoms with E-state index in [2.05, 4.69) is 71.6 Å². The maximum absolute atomic E-state index is 12.2. The summed E-state index contributed by atoms with van der Waals surface area (Å²) in [6, 6.07) is 22.9. The van der Waals surface area contributed by atoms with Crippen molar-refractivity contribution in [2.24, 2.45) is 0 Å². The fourth-order valence-corrected chi connectivity index (χ4v) is 4.50. The second kappa shape index (κ2) is 11.0. The lowest BCUT2D eigenvalue weighted by molar-refractivity contribution is -0.144. The van der Waals surface area contributed by atoms with Crippen LogP contribution in [0.3, 0.4) is 0 Å². The molecule has 4 heteroatoms. The fourth-order valence-electron chi connectivity index (χ4n) is 4.50. The van der Waals surface area contributed by atoms with Crippen molar-refractivity contribution >= 4 is 12.0 Å². The number of carbonyl (C=O) groups excluding carboxylic acids is 1. The Morgan fingerprint density at radius 3 is 2.34 bits per heavy atom. The van der Waals surface area contributed by atoms with Gasteiger partial charge in [0.15, 0.2) is 0 Å². The van der Waals surface area contributed by atoms with Crippen LogP contribution in [0.25, 0.3) is 6.08 Å². The van der Waals surface area contributed by atoms with Crippen LogP contribution in [0.4, 0.5) is 0 Å².